The first kappa shape index (κ1) is 78.8. The van der Waals surface area contributed by atoms with E-state index in [0.717, 1.165) is 89.9 Å². The smallest absolute Gasteiger partial charge is 0.306 e. The van der Waals surface area contributed by atoms with Gasteiger partial charge in [0.05, 0.1) is 0 Å². The highest BCUT2D eigenvalue weighted by atomic mass is 16.6. The van der Waals surface area contributed by atoms with Crippen molar-refractivity contribution >= 4 is 17.9 Å². The molecule has 0 aliphatic heterocycles. The number of unbranched alkanes of at least 4 members (excludes halogenated alkanes) is 43. The van der Waals surface area contributed by atoms with Crippen LogP contribution in [0.5, 0.6) is 0 Å². The van der Waals surface area contributed by atoms with E-state index in [1.165, 1.54) is 244 Å². The fourth-order valence-electron chi connectivity index (χ4n) is 10.5. The van der Waals surface area contributed by atoms with Crippen LogP contribution in [0.4, 0.5) is 0 Å². The zero-order valence-corrected chi connectivity index (χ0v) is 54.8. The minimum Gasteiger partial charge on any atom is -0.462 e. The third-order valence-corrected chi connectivity index (χ3v) is 15.9. The largest absolute Gasteiger partial charge is 0.462 e. The van der Waals surface area contributed by atoms with Crippen LogP contribution in [-0.2, 0) is 28.6 Å². The van der Waals surface area contributed by atoms with E-state index >= 15 is 0 Å². The lowest BCUT2D eigenvalue weighted by molar-refractivity contribution is -0.167. The summed E-state index contributed by atoms with van der Waals surface area (Å²) in [5.41, 5.74) is 0. The fourth-order valence-corrected chi connectivity index (χ4v) is 10.5. The number of esters is 3. The van der Waals surface area contributed by atoms with Crippen molar-refractivity contribution in [2.45, 2.75) is 380 Å². The van der Waals surface area contributed by atoms with Crippen LogP contribution in [0.15, 0.2) is 72.9 Å². The van der Waals surface area contributed by atoms with Gasteiger partial charge in [0.2, 0.25) is 0 Å². The van der Waals surface area contributed by atoms with E-state index in [-0.39, 0.29) is 31.1 Å². The number of hydrogen-bond donors (Lipinski definition) is 0. The molecule has 0 heterocycles. The average Bonchev–Trinajstić information content (AvgIpc) is 3.48. The molecule has 476 valence electrons. The van der Waals surface area contributed by atoms with Gasteiger partial charge in [-0.15, -0.1) is 0 Å². The van der Waals surface area contributed by atoms with Gasteiger partial charge in [-0.1, -0.05) is 318 Å². The molecule has 0 aromatic carbocycles. The quantitative estimate of drug-likeness (QED) is 0.0261. The van der Waals surface area contributed by atoms with E-state index in [0.29, 0.717) is 19.3 Å². The van der Waals surface area contributed by atoms with Crippen molar-refractivity contribution in [2.75, 3.05) is 13.2 Å². The molecule has 0 aromatic heterocycles. The summed E-state index contributed by atoms with van der Waals surface area (Å²) in [7, 11) is 0. The Balaban J connectivity index is 4.26. The van der Waals surface area contributed by atoms with Crippen molar-refractivity contribution in [3.63, 3.8) is 0 Å². The van der Waals surface area contributed by atoms with E-state index in [4.69, 9.17) is 14.2 Å². The van der Waals surface area contributed by atoms with E-state index in [9.17, 15) is 14.4 Å². The molecular formula is C76H136O6. The van der Waals surface area contributed by atoms with Crippen molar-refractivity contribution in [1.82, 2.24) is 0 Å². The summed E-state index contributed by atoms with van der Waals surface area (Å²) in [6.07, 6.45) is 92.2. The number of hydrogen-bond acceptors (Lipinski definition) is 6. The second-order valence-corrected chi connectivity index (χ2v) is 24.1. The van der Waals surface area contributed by atoms with Crippen LogP contribution in [0.1, 0.15) is 374 Å². The van der Waals surface area contributed by atoms with Gasteiger partial charge < -0.3 is 14.2 Å². The molecule has 1 atom stereocenters. The van der Waals surface area contributed by atoms with Gasteiger partial charge in [-0.05, 0) is 109 Å². The summed E-state index contributed by atoms with van der Waals surface area (Å²) >= 11 is 0. The van der Waals surface area contributed by atoms with E-state index < -0.39 is 6.10 Å². The number of carbonyl (C=O) groups excluding carboxylic acids is 3. The zero-order chi connectivity index (χ0) is 59.2. The second kappa shape index (κ2) is 70.3. The van der Waals surface area contributed by atoms with Gasteiger partial charge in [0.15, 0.2) is 6.10 Å². The number of rotatable bonds is 66. The molecule has 0 radical (unpaired) electrons. The Morgan fingerprint density at radius 1 is 0.244 bits per heavy atom. The maximum Gasteiger partial charge on any atom is 0.306 e. The maximum absolute atomic E-state index is 13.0. The van der Waals surface area contributed by atoms with Gasteiger partial charge in [-0.2, -0.15) is 0 Å². The van der Waals surface area contributed by atoms with Gasteiger partial charge in [-0.3, -0.25) is 14.4 Å². The lowest BCUT2D eigenvalue weighted by Crippen LogP contribution is -2.30. The Morgan fingerprint density at radius 3 is 0.732 bits per heavy atom. The van der Waals surface area contributed by atoms with Crippen LogP contribution in [0.25, 0.3) is 0 Å². The lowest BCUT2D eigenvalue weighted by Gasteiger charge is -2.18. The molecule has 82 heavy (non-hydrogen) atoms. The normalized spacial score (nSPS) is 12.5. The van der Waals surface area contributed by atoms with E-state index in [1.807, 2.05) is 0 Å². The van der Waals surface area contributed by atoms with Crippen LogP contribution >= 0.6 is 0 Å². The molecule has 0 rings (SSSR count). The molecule has 0 fully saturated rings. The molecule has 0 aliphatic rings. The van der Waals surface area contributed by atoms with Crippen LogP contribution in [0, 0.1) is 0 Å². The second-order valence-electron chi connectivity index (χ2n) is 24.1. The highest BCUT2D eigenvalue weighted by Gasteiger charge is 2.19. The van der Waals surface area contributed by atoms with Crippen molar-refractivity contribution in [3.05, 3.63) is 72.9 Å². The highest BCUT2D eigenvalue weighted by Crippen LogP contribution is 2.17. The maximum atomic E-state index is 13.0. The predicted octanol–water partition coefficient (Wildman–Crippen LogP) is 24.8. The summed E-state index contributed by atoms with van der Waals surface area (Å²) < 4.78 is 17.0. The SMILES string of the molecule is CCCC/C=C\C/C=C\CCCCCCCC(=O)OCC(COC(=O)CCCCCCCCCCCCCCCC/C=C\C/C=C\C/C=C\CCCCCCC)OC(=O)CCCCCCCCCCC/C=C\CCCCCCCCCC. The molecule has 0 saturated heterocycles. The van der Waals surface area contributed by atoms with Crippen LogP contribution < -0.4 is 0 Å². The van der Waals surface area contributed by atoms with Crippen molar-refractivity contribution < 1.29 is 28.6 Å². The zero-order valence-electron chi connectivity index (χ0n) is 54.8. The molecule has 0 amide bonds. The van der Waals surface area contributed by atoms with Crippen molar-refractivity contribution in [2.24, 2.45) is 0 Å². The number of carbonyl (C=O) groups is 3. The van der Waals surface area contributed by atoms with Gasteiger partial charge in [-0.25, -0.2) is 0 Å². The summed E-state index contributed by atoms with van der Waals surface area (Å²) in [6, 6.07) is 0. The summed E-state index contributed by atoms with van der Waals surface area (Å²) in [5, 5.41) is 0. The van der Waals surface area contributed by atoms with E-state index in [2.05, 4.69) is 93.7 Å². The Hall–Kier alpha value is -3.15. The van der Waals surface area contributed by atoms with Gasteiger partial charge in [0.1, 0.15) is 13.2 Å². The van der Waals surface area contributed by atoms with Gasteiger partial charge in [0.25, 0.3) is 0 Å². The molecule has 1 unspecified atom stereocenters. The molecule has 0 N–H and O–H groups in total. The Kier molecular flexibility index (Phi) is 67.6. The molecule has 6 nitrogen and oxygen atoms in total. The summed E-state index contributed by atoms with van der Waals surface area (Å²) in [6.45, 7) is 6.63. The Morgan fingerprint density at radius 2 is 0.451 bits per heavy atom. The Bertz CT molecular complexity index is 1500. The summed E-state index contributed by atoms with van der Waals surface area (Å²) in [4.78, 5) is 38.4. The first-order valence-corrected chi connectivity index (χ1v) is 35.9. The fraction of sp³-hybridized carbons (Fsp3) is 0.803. The van der Waals surface area contributed by atoms with Crippen molar-refractivity contribution in [3.8, 4) is 0 Å². The molecular weight excluding hydrogens is 1010 g/mol. The topological polar surface area (TPSA) is 78.9 Å². The average molecular weight is 1150 g/mol. The predicted molar refractivity (Wildman–Crippen MR) is 358 cm³/mol. The third-order valence-electron chi connectivity index (χ3n) is 15.9. The number of ether oxygens (including phenoxy) is 3. The molecule has 0 aromatic rings. The van der Waals surface area contributed by atoms with Crippen molar-refractivity contribution in [1.29, 1.82) is 0 Å². The molecule has 0 spiro atoms. The van der Waals surface area contributed by atoms with E-state index in [1.54, 1.807) is 0 Å². The van der Waals surface area contributed by atoms with Crippen LogP contribution in [-0.4, -0.2) is 37.2 Å². The molecule has 6 heteroatoms. The first-order chi connectivity index (χ1) is 40.5. The summed E-state index contributed by atoms with van der Waals surface area (Å²) in [5.74, 6) is -0.875. The first-order valence-electron chi connectivity index (χ1n) is 35.9. The monoisotopic (exact) mass is 1150 g/mol. The highest BCUT2D eigenvalue weighted by molar-refractivity contribution is 5.71. The third kappa shape index (κ3) is 67.6. The molecule has 0 aliphatic carbocycles. The van der Waals surface area contributed by atoms with Gasteiger partial charge in [0, 0.05) is 19.3 Å². The minimum absolute atomic E-state index is 0.0784. The van der Waals surface area contributed by atoms with Crippen LogP contribution in [0.3, 0.4) is 0 Å². The lowest BCUT2D eigenvalue weighted by atomic mass is 10.0. The molecule has 0 saturated carbocycles. The molecule has 0 bridgehead atoms. The van der Waals surface area contributed by atoms with Crippen LogP contribution in [0.2, 0.25) is 0 Å². The standard InChI is InChI=1S/C76H136O6/c1-4-7-10-13-16-19-22-25-28-30-32-34-35-36-37-38-39-40-41-43-44-46-48-51-54-57-60-63-66-69-75(78)81-72-73(71-80-74(77)68-65-62-59-56-53-50-27-24-21-18-15-12-9-6-3)82-76(79)70-67-64-61-58-55-52-49-47-45-42-33-31-29-26-23-20-17-14-11-8-5-2/h15,18,22,24-25,27,30-33,35-36,73H,4-14,16-17,19-21,23,26,28-29,34,37-72H2,1-3H3/b18-15-,25-22-,27-24-,32-30-,33-31-,36-35-. The minimum atomic E-state index is -0.784. The van der Waals surface area contributed by atoms with Gasteiger partial charge >= 0.3 is 17.9 Å². The Labute approximate surface area is 510 Å². The number of allylic oxidation sites excluding steroid dienone is 12.